The fraction of sp³-hybridized carbons (Fsp3) is 0.313. The van der Waals surface area contributed by atoms with Crippen molar-refractivity contribution in [2.75, 3.05) is 62.0 Å². The van der Waals surface area contributed by atoms with Gasteiger partial charge < -0.3 is 43.0 Å². The Balaban J connectivity index is 0.000000133. The van der Waals surface area contributed by atoms with Crippen molar-refractivity contribution in [3.05, 3.63) is 309 Å². The van der Waals surface area contributed by atoms with Crippen molar-refractivity contribution in [1.82, 2.24) is 29.4 Å². The van der Waals surface area contributed by atoms with Crippen molar-refractivity contribution in [2.45, 2.75) is 164 Å². The molecule has 28 nitrogen and oxygen atoms in total. The number of likely N-dealkylation sites (tertiary alicyclic amines) is 1. The van der Waals surface area contributed by atoms with Crippen molar-refractivity contribution in [2.24, 2.45) is 59.5 Å². The predicted octanol–water partition coefficient (Wildman–Crippen LogP) is 19.1. The Hall–Kier alpha value is -15.6. The highest BCUT2D eigenvalue weighted by Crippen LogP contribution is 2.52. The van der Waals surface area contributed by atoms with Gasteiger partial charge in [0.05, 0.1) is 59.8 Å². The summed E-state index contributed by atoms with van der Waals surface area (Å²) < 4.78 is 24.2. The molecule has 10 N–H and O–H groups in total. The van der Waals surface area contributed by atoms with E-state index in [1.165, 1.54) is 104 Å². The normalized spacial score (nSPS) is 22.2. The number of guanidine groups is 5. The summed E-state index contributed by atoms with van der Waals surface area (Å²) in [5.74, 6) is 1.81. The van der Waals surface area contributed by atoms with Crippen LogP contribution in [0.3, 0.4) is 0 Å². The van der Waals surface area contributed by atoms with Crippen LogP contribution in [0.15, 0.2) is 253 Å². The van der Waals surface area contributed by atoms with Gasteiger partial charge in [0.2, 0.25) is 23.6 Å². The van der Waals surface area contributed by atoms with Gasteiger partial charge >= 0.3 is 0 Å². The lowest BCUT2D eigenvalue weighted by Crippen LogP contribution is -2.57. The van der Waals surface area contributed by atoms with Crippen LogP contribution in [0.5, 0.6) is 5.75 Å². The van der Waals surface area contributed by atoms with E-state index < -0.39 is 51.5 Å². The molecule has 8 aromatic carbocycles. The Morgan fingerprint density at radius 2 is 0.858 bits per heavy atom. The predicted molar refractivity (Wildman–Crippen MR) is 581 cm³/mol. The number of nitrogens with zero attached hydrogens (tertiary/aromatic N) is 15. The Labute approximate surface area is 877 Å². The number of carbonyl (C=O) groups is 6. The second-order valence-electron chi connectivity index (χ2n) is 39.6. The highest BCUT2D eigenvalue weighted by atomic mass is 32.1. The van der Waals surface area contributed by atoms with E-state index in [9.17, 15) is 48.9 Å². The first-order chi connectivity index (χ1) is 70.7. The molecule has 0 bridgehead atoms. The van der Waals surface area contributed by atoms with E-state index in [0.717, 1.165) is 112 Å². The lowest BCUT2D eigenvalue weighted by atomic mass is 9.77. The summed E-state index contributed by atoms with van der Waals surface area (Å²) in [5.41, 5.74) is 44.0. The first-order valence-corrected chi connectivity index (χ1v) is 52.2. The zero-order chi connectivity index (χ0) is 106. The Bertz CT molecular complexity index is 7310. The molecule has 8 atom stereocenters. The highest BCUT2D eigenvalue weighted by Gasteiger charge is 2.53. The van der Waals surface area contributed by atoms with Crippen LogP contribution in [0.25, 0.3) is 55.6 Å². The number of ether oxygens (including phenoxy) is 2. The van der Waals surface area contributed by atoms with E-state index in [1.54, 1.807) is 107 Å². The number of hydrogen-bond donors (Lipinski definition) is 5. The molecule has 10 heterocycles. The monoisotopic (exact) mass is 2050 g/mol. The van der Waals surface area contributed by atoms with Crippen molar-refractivity contribution >= 4 is 111 Å². The van der Waals surface area contributed by atoms with E-state index in [2.05, 4.69) is 155 Å². The fourth-order valence-electron chi connectivity index (χ4n) is 19.6. The van der Waals surface area contributed by atoms with Crippen molar-refractivity contribution in [3.63, 3.8) is 0 Å². The van der Waals surface area contributed by atoms with Crippen LogP contribution in [0.4, 0.5) is 4.39 Å². The van der Waals surface area contributed by atoms with E-state index >= 15 is 0 Å². The average molecular weight is 2050 g/mol. The molecule has 3 unspecified atom stereocenters. The summed E-state index contributed by atoms with van der Waals surface area (Å²) >= 11 is 6.07. The quantitative estimate of drug-likeness (QED) is 0.0502. The number of hydrogen-bond acceptors (Lipinski definition) is 26. The number of carbonyl (C=O) groups excluding carboxylic acids is 6. The van der Waals surface area contributed by atoms with Gasteiger partial charge in [0.25, 0.3) is 11.8 Å². The maximum absolute atomic E-state index is 13.6. The molecular weight excluding hydrogens is 1940 g/mol. The van der Waals surface area contributed by atoms with Gasteiger partial charge in [0, 0.05) is 81.4 Å². The van der Waals surface area contributed by atoms with Gasteiger partial charge in [-0.05, 0) is 286 Å². The SMILES string of the molecule is CC(=O)N1CCC(CN2C(=O)C(C)(c3cccc(-c4cccc(C(C)C)c4)c3)N=C2N)CC1.CN1C(=O)C(c2ccc(C3CC3)cc2)[C@@](C)(c2cc(-c3cccc(C#N)c3)cs2)N=C1N.CN1C(=O)[C@@H](c2ccc(C3CC3)cc2)[C@@](C)(c2cc(-c3cccc(C#N)c3)cs2)N=C1N.COC1C(=O)N(C)C(N)=N[C@]1(C)c1cc(-c2ccc(F)c(C#N)c2)cs1.COc1ccc(-c2csc([C@]3(C)CC(=O)N(C)C(N)=N3)c2)cc1C#N. The van der Waals surface area contributed by atoms with Gasteiger partial charge in [-0.15, -0.1) is 45.3 Å². The molecule has 6 amide bonds. The van der Waals surface area contributed by atoms with Crippen molar-refractivity contribution in [1.29, 1.82) is 21.0 Å². The molecule has 1 saturated heterocycles. The minimum Gasteiger partial charge on any atom is -0.495 e. The molecule has 2 saturated carbocycles. The van der Waals surface area contributed by atoms with Crippen LogP contribution in [0.1, 0.15) is 205 Å². The van der Waals surface area contributed by atoms with Crippen molar-refractivity contribution < 1.29 is 42.6 Å². The smallest absolute Gasteiger partial charge is 0.261 e. The maximum atomic E-state index is 13.6. The third-order valence-electron chi connectivity index (χ3n) is 29.1. The number of benzene rings is 8. The molecule has 33 heteroatoms. The number of nitrogens with two attached hydrogens (primary N) is 5. The Morgan fingerprint density at radius 1 is 0.446 bits per heavy atom. The van der Waals surface area contributed by atoms with Crippen LogP contribution in [0.2, 0.25) is 0 Å². The number of thiophene rings is 4. The molecule has 8 aliphatic rings. The van der Waals surface area contributed by atoms with E-state index in [-0.39, 0.29) is 77.2 Å². The summed E-state index contributed by atoms with van der Waals surface area (Å²) in [6, 6.07) is 74.8. The minimum absolute atomic E-state index is 0.0204. The van der Waals surface area contributed by atoms with Gasteiger partial charge in [-0.25, -0.2) is 29.4 Å². The number of amides is 6. The second-order valence-corrected chi connectivity index (χ2v) is 43.2. The van der Waals surface area contributed by atoms with Crippen LogP contribution in [-0.2, 0) is 61.2 Å². The van der Waals surface area contributed by atoms with Crippen LogP contribution < -0.4 is 33.4 Å². The molecule has 148 heavy (non-hydrogen) atoms. The lowest BCUT2D eigenvalue weighted by molar-refractivity contribution is -0.142. The number of methoxy groups -OCH3 is 2. The van der Waals surface area contributed by atoms with E-state index in [0.29, 0.717) is 58.2 Å². The fourth-order valence-corrected chi connectivity index (χ4v) is 23.7. The van der Waals surface area contributed by atoms with E-state index in [1.807, 2.05) is 116 Å². The van der Waals surface area contributed by atoms with Gasteiger partial charge in [-0.1, -0.05) is 141 Å². The maximum Gasteiger partial charge on any atom is 0.261 e. The molecule has 0 radical (unpaired) electrons. The molecule has 12 aromatic rings. The molecule has 6 aliphatic heterocycles. The van der Waals surface area contributed by atoms with Crippen LogP contribution in [0, 0.1) is 57.1 Å². The Kier molecular flexibility index (Phi) is 30.7. The Morgan fingerprint density at radius 3 is 1.31 bits per heavy atom. The molecule has 2 aliphatic carbocycles. The third-order valence-corrected chi connectivity index (χ3v) is 33.8. The summed E-state index contributed by atoms with van der Waals surface area (Å²) in [7, 11) is 9.54. The van der Waals surface area contributed by atoms with Crippen LogP contribution in [-0.4, -0.2) is 163 Å². The highest BCUT2D eigenvalue weighted by molar-refractivity contribution is 7.11. The summed E-state index contributed by atoms with van der Waals surface area (Å²) in [6.45, 7) is 17.5. The zero-order valence-corrected chi connectivity index (χ0v) is 88.2. The van der Waals surface area contributed by atoms with Gasteiger partial charge in [0.15, 0.2) is 41.4 Å². The molecule has 4 aromatic heterocycles. The topological polar surface area (TPSA) is 427 Å². The van der Waals surface area contributed by atoms with Crippen LogP contribution >= 0.6 is 45.3 Å². The van der Waals surface area contributed by atoms with Gasteiger partial charge in [-0.2, -0.15) is 21.0 Å². The number of rotatable bonds is 19. The number of halogens is 1. The molecular formula is C115H117FN20O8S4. The minimum atomic E-state index is -1.03. The molecule has 3 fully saturated rings. The average Bonchev–Trinajstić information content (AvgIpc) is 1.57. The number of piperidine rings is 1. The first-order valence-electron chi connectivity index (χ1n) is 48.7. The summed E-state index contributed by atoms with van der Waals surface area (Å²) in [6.07, 6.45) is 6.18. The van der Waals surface area contributed by atoms with Crippen molar-refractivity contribution in [3.8, 4) is 85.7 Å². The molecule has 0 spiro atoms. The zero-order valence-electron chi connectivity index (χ0n) is 84.9. The second kappa shape index (κ2) is 43.2. The third kappa shape index (κ3) is 21.5. The number of aliphatic imine (C=N–C) groups is 5. The summed E-state index contributed by atoms with van der Waals surface area (Å²) in [5, 5.41) is 44.7. The first kappa shape index (κ1) is 105. The molecule has 756 valence electrons. The molecule has 20 rings (SSSR count). The van der Waals surface area contributed by atoms with E-state index in [4.69, 9.17) is 53.4 Å². The van der Waals surface area contributed by atoms with Gasteiger partial charge in [-0.3, -0.25) is 53.3 Å². The number of likely N-dealkylation sites (N-methyl/N-ethyl adjacent to an activating group) is 3. The largest absolute Gasteiger partial charge is 0.495 e. The summed E-state index contributed by atoms with van der Waals surface area (Å²) in [4.78, 5) is 113. The standard InChI is InChI=1S/C27H34N4O2.2C26H24N4OS.C18H17FN4O2S.C18H18N4O2S/c1-18(2)21-7-5-8-22(15-21)23-9-6-10-24(16-23)27(4)25(33)31(26(28)29-27)17-20-11-13-30(14-12-20)19(3)32;2*1-26(22-13-21(15-32-22)20-5-3-4-16(12-20)14-27)23(24(31)30(2)25(28)29-26)19-10-8-18(9-11-19)17-6-7-17;1-18(15(25-3)16(24)23(2)17(21)22-18)14-7-12(9-26-14)10-4-5-13(19)11(6-10)8-20;1-18(8-16(23)22(2)17(20)21-18)15-7-13(10-25-15)11-4-5-14(24-3)12(6-11)9-19/h5-10,15-16,18,20H,11-14,17H2,1-4H3,(H2,28,29);2*3-5,8-13,15,17,23H,6-7H2,1-2H3,(H2,28,29);4-7,9,15H,1-3H3,(H2,21,22);4-7,10H,8H2,1-3H3,(H2,20,21)/t;23?,26-;23-,26-;15?,18-;18-/m.1110/s1. The lowest BCUT2D eigenvalue weighted by Gasteiger charge is -2.40. The van der Waals surface area contributed by atoms with Gasteiger partial charge in [0.1, 0.15) is 45.9 Å². The number of nitriles is 4.